The van der Waals surface area contributed by atoms with Gasteiger partial charge >= 0.3 is 0 Å². The summed E-state index contributed by atoms with van der Waals surface area (Å²) >= 11 is 0. The van der Waals surface area contributed by atoms with Crippen LogP contribution in [0.2, 0.25) is 0 Å². The lowest BCUT2D eigenvalue weighted by molar-refractivity contribution is 0.0998. The summed E-state index contributed by atoms with van der Waals surface area (Å²) in [7, 11) is 3.80. The van der Waals surface area contributed by atoms with Gasteiger partial charge in [0.05, 0.1) is 6.20 Å². The Balaban J connectivity index is 1.59. The summed E-state index contributed by atoms with van der Waals surface area (Å²) in [6.45, 7) is 1.94. The standard InChI is InChI=1S/C20H23N5O2/c1-24(2)18-15(13-21-20(23-18)25-10-6-3-7-11-25)22-19(26)17-12-14-8-4-5-9-16(14)27-17/h4-5,8-9,12-13H,3,6-7,10-11H2,1-2H3,(H,22,26). The number of furan rings is 1. The Labute approximate surface area is 158 Å². The number of hydrogen-bond acceptors (Lipinski definition) is 6. The third-order valence-electron chi connectivity index (χ3n) is 4.72. The normalized spacial score (nSPS) is 14.4. The van der Waals surface area contributed by atoms with Gasteiger partial charge < -0.3 is 19.5 Å². The van der Waals surface area contributed by atoms with E-state index in [4.69, 9.17) is 4.42 Å². The van der Waals surface area contributed by atoms with Crippen molar-refractivity contribution in [2.45, 2.75) is 19.3 Å². The van der Waals surface area contributed by atoms with Gasteiger partial charge in [-0.15, -0.1) is 0 Å². The number of nitrogens with one attached hydrogen (secondary N) is 1. The Morgan fingerprint density at radius 2 is 1.96 bits per heavy atom. The molecule has 0 saturated carbocycles. The second-order valence-corrected chi connectivity index (χ2v) is 6.95. The van der Waals surface area contributed by atoms with Gasteiger partial charge in [0.25, 0.3) is 5.91 Å². The lowest BCUT2D eigenvalue weighted by Gasteiger charge is -2.27. The molecular formula is C20H23N5O2. The van der Waals surface area contributed by atoms with Crippen LogP contribution >= 0.6 is 0 Å². The van der Waals surface area contributed by atoms with Gasteiger partial charge in [-0.05, 0) is 31.4 Å². The second kappa shape index (κ2) is 7.26. The van der Waals surface area contributed by atoms with Crippen LogP contribution < -0.4 is 15.1 Å². The highest BCUT2D eigenvalue weighted by atomic mass is 16.3. The monoisotopic (exact) mass is 365 g/mol. The molecule has 27 heavy (non-hydrogen) atoms. The molecule has 0 aliphatic carbocycles. The summed E-state index contributed by atoms with van der Waals surface area (Å²) in [6, 6.07) is 9.29. The van der Waals surface area contributed by atoms with Crippen LogP contribution in [0.4, 0.5) is 17.5 Å². The van der Waals surface area contributed by atoms with Crippen molar-refractivity contribution in [3.05, 3.63) is 42.3 Å². The van der Waals surface area contributed by atoms with Crippen molar-refractivity contribution in [1.82, 2.24) is 9.97 Å². The van der Waals surface area contributed by atoms with E-state index in [9.17, 15) is 4.79 Å². The smallest absolute Gasteiger partial charge is 0.291 e. The van der Waals surface area contributed by atoms with Crippen molar-refractivity contribution in [3.8, 4) is 0 Å². The first-order chi connectivity index (χ1) is 13.1. The average Bonchev–Trinajstić information content (AvgIpc) is 3.13. The van der Waals surface area contributed by atoms with E-state index >= 15 is 0 Å². The van der Waals surface area contributed by atoms with Gasteiger partial charge in [0.15, 0.2) is 11.6 Å². The molecule has 3 heterocycles. The molecule has 2 aromatic heterocycles. The van der Waals surface area contributed by atoms with E-state index in [1.165, 1.54) is 6.42 Å². The number of carbonyl (C=O) groups excluding carboxylic acids is 1. The lowest BCUT2D eigenvalue weighted by Crippen LogP contribution is -2.31. The number of benzene rings is 1. The molecule has 0 unspecified atom stereocenters. The van der Waals surface area contributed by atoms with E-state index in [1.54, 1.807) is 12.3 Å². The Morgan fingerprint density at radius 3 is 2.70 bits per heavy atom. The molecule has 0 bridgehead atoms. The number of aromatic nitrogens is 2. The number of amides is 1. The number of hydrogen-bond donors (Lipinski definition) is 1. The molecule has 4 rings (SSSR count). The SMILES string of the molecule is CN(C)c1nc(N2CCCCC2)ncc1NC(=O)c1cc2ccccc2o1. The van der Waals surface area contributed by atoms with Gasteiger partial charge in [0.2, 0.25) is 5.95 Å². The molecule has 0 atom stereocenters. The Bertz CT molecular complexity index is 927. The first-order valence-corrected chi connectivity index (χ1v) is 9.21. The van der Waals surface area contributed by atoms with Crippen LogP contribution in [0.25, 0.3) is 11.0 Å². The molecule has 1 aliphatic rings. The largest absolute Gasteiger partial charge is 0.451 e. The quantitative estimate of drug-likeness (QED) is 0.762. The fourth-order valence-electron chi connectivity index (χ4n) is 3.32. The Morgan fingerprint density at radius 1 is 1.19 bits per heavy atom. The summed E-state index contributed by atoms with van der Waals surface area (Å²) in [5, 5.41) is 3.78. The minimum Gasteiger partial charge on any atom is -0.451 e. The first kappa shape index (κ1) is 17.3. The molecular weight excluding hydrogens is 342 g/mol. The molecule has 140 valence electrons. The Kier molecular flexibility index (Phi) is 4.66. The zero-order valence-electron chi connectivity index (χ0n) is 15.6. The third kappa shape index (κ3) is 3.58. The van der Waals surface area contributed by atoms with Crippen molar-refractivity contribution < 1.29 is 9.21 Å². The number of rotatable bonds is 4. The topological polar surface area (TPSA) is 74.5 Å². The number of nitrogens with zero attached hydrogens (tertiary/aromatic N) is 4. The minimum atomic E-state index is -0.316. The molecule has 1 saturated heterocycles. The number of carbonyl (C=O) groups is 1. The summed E-state index contributed by atoms with van der Waals surface area (Å²) in [6.07, 6.45) is 5.24. The summed E-state index contributed by atoms with van der Waals surface area (Å²) < 4.78 is 5.65. The third-order valence-corrected chi connectivity index (χ3v) is 4.72. The number of fused-ring (bicyclic) bond motifs is 1. The molecule has 1 aromatic carbocycles. The van der Waals surface area contributed by atoms with Crippen LogP contribution in [-0.2, 0) is 0 Å². The van der Waals surface area contributed by atoms with E-state index in [2.05, 4.69) is 20.2 Å². The van der Waals surface area contributed by atoms with E-state index < -0.39 is 0 Å². The predicted molar refractivity (Wildman–Crippen MR) is 107 cm³/mol. The van der Waals surface area contributed by atoms with E-state index in [-0.39, 0.29) is 11.7 Å². The second-order valence-electron chi connectivity index (χ2n) is 6.95. The van der Waals surface area contributed by atoms with Gasteiger partial charge in [-0.2, -0.15) is 4.98 Å². The maximum Gasteiger partial charge on any atom is 0.291 e. The van der Waals surface area contributed by atoms with Gasteiger partial charge in [-0.3, -0.25) is 4.79 Å². The minimum absolute atomic E-state index is 0.265. The molecule has 1 amide bonds. The highest BCUT2D eigenvalue weighted by Gasteiger charge is 2.19. The molecule has 7 heteroatoms. The fourth-order valence-corrected chi connectivity index (χ4v) is 3.32. The highest BCUT2D eigenvalue weighted by Crippen LogP contribution is 2.26. The van der Waals surface area contributed by atoms with Gasteiger partial charge in [0, 0.05) is 32.6 Å². The molecule has 7 nitrogen and oxygen atoms in total. The van der Waals surface area contributed by atoms with Crippen LogP contribution in [-0.4, -0.2) is 43.1 Å². The van der Waals surface area contributed by atoms with Crippen LogP contribution in [0.1, 0.15) is 29.8 Å². The van der Waals surface area contributed by atoms with Gasteiger partial charge in [0.1, 0.15) is 11.3 Å². The van der Waals surface area contributed by atoms with Crippen LogP contribution in [0.3, 0.4) is 0 Å². The van der Waals surface area contributed by atoms with Crippen molar-refractivity contribution in [1.29, 1.82) is 0 Å². The number of anilines is 3. The average molecular weight is 365 g/mol. The zero-order chi connectivity index (χ0) is 18.8. The fraction of sp³-hybridized carbons (Fsp3) is 0.350. The lowest BCUT2D eigenvalue weighted by atomic mass is 10.1. The van der Waals surface area contributed by atoms with Crippen molar-refractivity contribution in [2.75, 3.05) is 42.3 Å². The molecule has 3 aromatic rings. The van der Waals surface area contributed by atoms with E-state index in [0.29, 0.717) is 23.0 Å². The molecule has 0 spiro atoms. The van der Waals surface area contributed by atoms with Crippen molar-refractivity contribution in [3.63, 3.8) is 0 Å². The van der Waals surface area contributed by atoms with E-state index in [1.807, 2.05) is 43.3 Å². The first-order valence-electron chi connectivity index (χ1n) is 9.21. The molecule has 1 aliphatic heterocycles. The zero-order valence-corrected chi connectivity index (χ0v) is 15.6. The Hall–Kier alpha value is -3.09. The van der Waals surface area contributed by atoms with Crippen molar-refractivity contribution >= 4 is 34.3 Å². The maximum atomic E-state index is 12.7. The predicted octanol–water partition coefficient (Wildman–Crippen LogP) is 3.53. The van der Waals surface area contributed by atoms with Gasteiger partial charge in [-0.1, -0.05) is 18.2 Å². The molecule has 0 radical (unpaired) electrons. The number of para-hydroxylation sites is 1. The van der Waals surface area contributed by atoms with E-state index in [0.717, 1.165) is 31.3 Å². The maximum absolute atomic E-state index is 12.7. The van der Waals surface area contributed by atoms with Crippen molar-refractivity contribution in [2.24, 2.45) is 0 Å². The highest BCUT2D eigenvalue weighted by molar-refractivity contribution is 6.05. The van der Waals surface area contributed by atoms with Crippen LogP contribution in [0.5, 0.6) is 0 Å². The van der Waals surface area contributed by atoms with Crippen LogP contribution in [0.15, 0.2) is 40.9 Å². The number of piperidine rings is 1. The molecule has 1 N–H and O–H groups in total. The summed E-state index contributed by atoms with van der Waals surface area (Å²) in [4.78, 5) is 25.9. The molecule has 1 fully saturated rings. The van der Waals surface area contributed by atoms with Crippen LogP contribution in [0, 0.1) is 0 Å². The summed E-state index contributed by atoms with van der Waals surface area (Å²) in [5.74, 6) is 1.33. The van der Waals surface area contributed by atoms with Gasteiger partial charge in [-0.25, -0.2) is 4.98 Å². The summed E-state index contributed by atoms with van der Waals surface area (Å²) in [5.41, 5.74) is 1.25.